The topological polar surface area (TPSA) is 41.6 Å². The summed E-state index contributed by atoms with van der Waals surface area (Å²) in [6.45, 7) is 5.77. The van der Waals surface area contributed by atoms with Crippen molar-refractivity contribution in [3.8, 4) is 5.75 Å². The Morgan fingerprint density at radius 3 is 2.52 bits per heavy atom. The monoisotopic (exact) mass is 332 g/mol. The molecule has 23 heavy (non-hydrogen) atoms. The smallest absolute Gasteiger partial charge is 0.256 e. The van der Waals surface area contributed by atoms with Crippen LogP contribution in [0, 0.1) is 0 Å². The average molecular weight is 332 g/mol. The number of thiophene rings is 1. The van der Waals surface area contributed by atoms with Crippen LogP contribution in [0.2, 0.25) is 0 Å². The Balaban J connectivity index is 1.90. The van der Waals surface area contributed by atoms with Crippen LogP contribution >= 0.6 is 11.3 Å². The molecule has 1 heterocycles. The van der Waals surface area contributed by atoms with Gasteiger partial charge in [0.2, 0.25) is 0 Å². The van der Waals surface area contributed by atoms with Crippen molar-refractivity contribution in [1.29, 1.82) is 0 Å². The van der Waals surface area contributed by atoms with Gasteiger partial charge in [-0.15, -0.1) is 11.3 Å². The van der Waals surface area contributed by atoms with Gasteiger partial charge in [-0.05, 0) is 50.3 Å². The summed E-state index contributed by atoms with van der Waals surface area (Å²) in [6.07, 6.45) is 0. The normalized spacial score (nSPS) is 11.0. The largest absolute Gasteiger partial charge is 0.492 e. The van der Waals surface area contributed by atoms with Gasteiger partial charge in [0, 0.05) is 22.5 Å². The van der Waals surface area contributed by atoms with Gasteiger partial charge in [0.25, 0.3) is 5.91 Å². The van der Waals surface area contributed by atoms with Gasteiger partial charge in [-0.3, -0.25) is 4.79 Å². The van der Waals surface area contributed by atoms with Gasteiger partial charge in [0.15, 0.2) is 0 Å². The number of hydrogen-bond acceptors (Lipinski definition) is 4. The number of amides is 1. The third kappa shape index (κ3) is 5.37. The summed E-state index contributed by atoms with van der Waals surface area (Å²) in [5, 5.41) is 4.82. The zero-order chi connectivity index (χ0) is 16.8. The fourth-order valence-electron chi connectivity index (χ4n) is 1.96. The molecule has 0 spiro atoms. The second kappa shape index (κ2) is 8.13. The molecule has 4 nitrogen and oxygen atoms in total. The third-order valence-electron chi connectivity index (χ3n) is 3.37. The molecule has 124 valence electrons. The predicted octanol–water partition coefficient (Wildman–Crippen LogP) is 4.06. The summed E-state index contributed by atoms with van der Waals surface area (Å²) in [5.74, 6) is 1.18. The Kier molecular flexibility index (Phi) is 6.19. The summed E-state index contributed by atoms with van der Waals surface area (Å²) in [7, 11) is 4.02. The van der Waals surface area contributed by atoms with E-state index in [0.29, 0.717) is 18.1 Å². The number of benzene rings is 1. The van der Waals surface area contributed by atoms with Gasteiger partial charge in [-0.25, -0.2) is 0 Å². The molecule has 0 fully saturated rings. The lowest BCUT2D eigenvalue weighted by Crippen LogP contribution is -2.19. The van der Waals surface area contributed by atoms with Gasteiger partial charge in [0.05, 0.1) is 5.56 Å². The van der Waals surface area contributed by atoms with Crippen LogP contribution < -0.4 is 10.1 Å². The molecule has 0 saturated carbocycles. The maximum absolute atomic E-state index is 12.2. The van der Waals surface area contributed by atoms with E-state index >= 15 is 0 Å². The summed E-state index contributed by atoms with van der Waals surface area (Å²) in [6, 6.07) is 9.43. The van der Waals surface area contributed by atoms with Crippen molar-refractivity contribution in [3.63, 3.8) is 0 Å². The first-order chi connectivity index (χ1) is 11.0. The summed E-state index contributed by atoms with van der Waals surface area (Å²) < 4.78 is 5.64. The molecule has 0 aliphatic rings. The number of anilines is 1. The van der Waals surface area contributed by atoms with Crippen molar-refractivity contribution < 1.29 is 9.53 Å². The van der Waals surface area contributed by atoms with Crippen molar-refractivity contribution in [2.24, 2.45) is 0 Å². The number of nitrogens with one attached hydrogen (secondary N) is 1. The highest BCUT2D eigenvalue weighted by Gasteiger charge is 2.11. The lowest BCUT2D eigenvalue weighted by Gasteiger charge is -2.11. The van der Waals surface area contributed by atoms with Crippen LogP contribution in [-0.4, -0.2) is 38.1 Å². The van der Waals surface area contributed by atoms with Gasteiger partial charge < -0.3 is 15.0 Å². The zero-order valence-electron chi connectivity index (χ0n) is 14.1. The number of hydrogen-bond donors (Lipinski definition) is 1. The molecule has 0 aliphatic carbocycles. The van der Waals surface area contributed by atoms with Crippen molar-refractivity contribution >= 4 is 22.9 Å². The van der Waals surface area contributed by atoms with E-state index in [9.17, 15) is 4.79 Å². The fourth-order valence-corrected chi connectivity index (χ4v) is 2.86. The molecule has 0 bridgehead atoms. The van der Waals surface area contributed by atoms with Gasteiger partial charge in [-0.1, -0.05) is 13.8 Å². The molecule has 1 aromatic carbocycles. The van der Waals surface area contributed by atoms with Crippen LogP contribution in [0.25, 0.3) is 0 Å². The molecule has 0 saturated heterocycles. The highest BCUT2D eigenvalue weighted by Crippen LogP contribution is 2.24. The highest BCUT2D eigenvalue weighted by molar-refractivity contribution is 7.10. The molecule has 1 amide bonds. The molecule has 1 aromatic heterocycles. The van der Waals surface area contributed by atoms with Crippen molar-refractivity contribution in [3.05, 3.63) is 46.2 Å². The number of carbonyl (C=O) groups excluding carboxylic acids is 1. The Hall–Kier alpha value is -1.85. The Morgan fingerprint density at radius 2 is 1.96 bits per heavy atom. The van der Waals surface area contributed by atoms with E-state index in [2.05, 4.69) is 24.1 Å². The van der Waals surface area contributed by atoms with Crippen LogP contribution in [0.5, 0.6) is 5.75 Å². The molecule has 1 N–H and O–H groups in total. The lowest BCUT2D eigenvalue weighted by molar-refractivity contribution is 0.102. The van der Waals surface area contributed by atoms with Crippen LogP contribution in [0.3, 0.4) is 0 Å². The zero-order valence-corrected chi connectivity index (χ0v) is 14.9. The minimum atomic E-state index is -0.0746. The van der Waals surface area contributed by atoms with Gasteiger partial charge >= 0.3 is 0 Å². The summed E-state index contributed by atoms with van der Waals surface area (Å²) in [4.78, 5) is 15.5. The SMILES string of the molecule is CC(C)c1cc(C(=O)Nc2ccc(OCCN(C)C)cc2)cs1. The van der Waals surface area contributed by atoms with E-state index in [1.54, 1.807) is 11.3 Å². The third-order valence-corrected chi connectivity index (χ3v) is 4.60. The highest BCUT2D eigenvalue weighted by atomic mass is 32.1. The first kappa shape index (κ1) is 17.5. The number of likely N-dealkylation sites (N-methyl/N-ethyl adjacent to an activating group) is 1. The van der Waals surface area contributed by atoms with E-state index < -0.39 is 0 Å². The van der Waals surface area contributed by atoms with E-state index in [4.69, 9.17) is 4.74 Å². The Bertz CT molecular complexity index is 633. The van der Waals surface area contributed by atoms with E-state index in [1.807, 2.05) is 49.8 Å². The fraction of sp³-hybridized carbons (Fsp3) is 0.389. The van der Waals surface area contributed by atoms with Crippen molar-refractivity contribution in [2.45, 2.75) is 19.8 Å². The molecular weight excluding hydrogens is 308 g/mol. The van der Waals surface area contributed by atoms with Crippen LogP contribution in [0.15, 0.2) is 35.7 Å². The lowest BCUT2D eigenvalue weighted by atomic mass is 10.1. The number of nitrogens with zero attached hydrogens (tertiary/aromatic N) is 1. The Morgan fingerprint density at radius 1 is 1.26 bits per heavy atom. The molecule has 2 rings (SSSR count). The second-order valence-corrected chi connectivity index (χ2v) is 6.97. The molecule has 0 aliphatic heterocycles. The van der Waals surface area contributed by atoms with Crippen molar-refractivity contribution in [1.82, 2.24) is 4.90 Å². The number of carbonyl (C=O) groups is 1. The summed E-state index contributed by atoms with van der Waals surface area (Å²) >= 11 is 1.63. The first-order valence-corrected chi connectivity index (χ1v) is 8.61. The molecular formula is C18H24N2O2S. The molecule has 0 radical (unpaired) electrons. The molecule has 5 heteroatoms. The predicted molar refractivity (Wildman–Crippen MR) is 96.9 cm³/mol. The average Bonchev–Trinajstić information content (AvgIpc) is 2.99. The molecule has 2 aromatic rings. The van der Waals surface area contributed by atoms with Crippen LogP contribution in [0.4, 0.5) is 5.69 Å². The van der Waals surface area contributed by atoms with Crippen LogP contribution in [0.1, 0.15) is 35.0 Å². The second-order valence-electron chi connectivity index (χ2n) is 6.02. The minimum Gasteiger partial charge on any atom is -0.492 e. The minimum absolute atomic E-state index is 0.0746. The van der Waals surface area contributed by atoms with E-state index in [-0.39, 0.29) is 5.91 Å². The quantitative estimate of drug-likeness (QED) is 0.831. The van der Waals surface area contributed by atoms with Crippen LogP contribution in [-0.2, 0) is 0 Å². The Labute approximate surface area is 142 Å². The number of rotatable bonds is 7. The molecule has 0 unspecified atom stereocenters. The first-order valence-electron chi connectivity index (χ1n) is 7.73. The maximum atomic E-state index is 12.2. The van der Waals surface area contributed by atoms with E-state index in [1.165, 1.54) is 4.88 Å². The summed E-state index contributed by atoms with van der Waals surface area (Å²) in [5.41, 5.74) is 1.48. The van der Waals surface area contributed by atoms with Crippen molar-refractivity contribution in [2.75, 3.05) is 32.6 Å². The van der Waals surface area contributed by atoms with Gasteiger partial charge in [0.1, 0.15) is 12.4 Å². The molecule has 0 atom stereocenters. The van der Waals surface area contributed by atoms with E-state index in [0.717, 1.165) is 18.0 Å². The standard InChI is InChI=1S/C18H24N2O2S/c1-13(2)17-11-14(12-23-17)18(21)19-15-5-7-16(8-6-15)22-10-9-20(3)4/h5-8,11-13H,9-10H2,1-4H3,(H,19,21). The number of ether oxygens (including phenoxy) is 1. The van der Waals surface area contributed by atoms with Gasteiger partial charge in [-0.2, -0.15) is 0 Å². The maximum Gasteiger partial charge on any atom is 0.256 e.